The van der Waals surface area contributed by atoms with E-state index in [1.807, 2.05) is 30.3 Å². The summed E-state index contributed by atoms with van der Waals surface area (Å²) in [5.74, 6) is -0.403. The molecule has 4 N–H and O–H groups in total. The second-order valence-corrected chi connectivity index (χ2v) is 9.69. The first-order valence-corrected chi connectivity index (χ1v) is 12.0. The van der Waals surface area contributed by atoms with Gasteiger partial charge in [-0.3, -0.25) is 4.79 Å². The van der Waals surface area contributed by atoms with Gasteiger partial charge in [0.1, 0.15) is 0 Å². The van der Waals surface area contributed by atoms with Gasteiger partial charge >= 0.3 is 0 Å². The summed E-state index contributed by atoms with van der Waals surface area (Å²) in [4.78, 5) is 12.4. The van der Waals surface area contributed by atoms with Gasteiger partial charge in [0.15, 0.2) is 9.84 Å². The van der Waals surface area contributed by atoms with Gasteiger partial charge in [-0.2, -0.15) is 0 Å². The van der Waals surface area contributed by atoms with E-state index in [4.69, 9.17) is 0 Å². The van der Waals surface area contributed by atoms with E-state index in [0.29, 0.717) is 0 Å². The van der Waals surface area contributed by atoms with Crippen molar-refractivity contribution in [2.75, 3.05) is 34.0 Å². The molecule has 1 heterocycles. The number of anilines is 3. The normalized spacial score (nSPS) is 20.0. The van der Waals surface area contributed by atoms with E-state index < -0.39 is 22.0 Å². The second-order valence-electron chi connectivity index (χ2n) is 7.53. The molecule has 2 aromatic rings. The number of aliphatic hydroxyl groups excluding tert-OH is 1. The van der Waals surface area contributed by atoms with Crippen molar-refractivity contribution in [3.63, 3.8) is 0 Å². The predicted octanol–water partition coefficient (Wildman–Crippen LogP) is 2.43. The zero-order valence-electron chi connectivity index (χ0n) is 17.3. The van der Waals surface area contributed by atoms with Crippen LogP contribution in [0.5, 0.6) is 0 Å². The molecule has 1 fully saturated rings. The van der Waals surface area contributed by atoms with Crippen molar-refractivity contribution >= 4 is 32.8 Å². The number of aryl methyl sites for hydroxylation is 2. The van der Waals surface area contributed by atoms with Crippen molar-refractivity contribution in [1.29, 1.82) is 0 Å². The predicted molar refractivity (Wildman–Crippen MR) is 121 cm³/mol. The monoisotopic (exact) mass is 431 g/mol. The molecule has 30 heavy (non-hydrogen) atoms. The SMILES string of the molecule is CCc1cccc(CC)c1NC(=O)CNc1ccc(NC2CS(=O)(=O)CC2O)cc1. The van der Waals surface area contributed by atoms with Crippen LogP contribution < -0.4 is 16.0 Å². The summed E-state index contributed by atoms with van der Waals surface area (Å²) in [6.07, 6.45) is 0.792. The molecule has 2 aromatic carbocycles. The molecule has 0 spiro atoms. The first-order valence-electron chi connectivity index (χ1n) is 10.2. The summed E-state index contributed by atoms with van der Waals surface area (Å²) in [6.45, 7) is 4.27. The third kappa shape index (κ3) is 5.52. The summed E-state index contributed by atoms with van der Waals surface area (Å²) in [7, 11) is -3.20. The minimum Gasteiger partial charge on any atom is -0.390 e. The average Bonchev–Trinajstić information content (AvgIpc) is 2.98. The van der Waals surface area contributed by atoms with Crippen molar-refractivity contribution in [3.05, 3.63) is 53.6 Å². The first-order chi connectivity index (χ1) is 14.3. The Hall–Kier alpha value is -2.58. The number of nitrogens with one attached hydrogen (secondary N) is 3. The number of benzene rings is 2. The van der Waals surface area contributed by atoms with Crippen LogP contribution in [-0.2, 0) is 27.5 Å². The highest BCUT2D eigenvalue weighted by molar-refractivity contribution is 7.91. The number of hydrogen-bond donors (Lipinski definition) is 4. The van der Waals surface area contributed by atoms with Gasteiger partial charge in [0, 0.05) is 17.1 Å². The highest BCUT2D eigenvalue weighted by Gasteiger charge is 2.36. The molecule has 3 rings (SSSR count). The van der Waals surface area contributed by atoms with Gasteiger partial charge < -0.3 is 21.1 Å². The molecule has 0 aliphatic carbocycles. The van der Waals surface area contributed by atoms with Crippen LogP contribution in [0.4, 0.5) is 17.1 Å². The van der Waals surface area contributed by atoms with Gasteiger partial charge in [-0.25, -0.2) is 8.42 Å². The van der Waals surface area contributed by atoms with E-state index in [1.165, 1.54) is 0 Å². The number of sulfone groups is 1. The van der Waals surface area contributed by atoms with Gasteiger partial charge in [0.05, 0.1) is 30.2 Å². The molecule has 2 unspecified atom stereocenters. The number of rotatable bonds is 8. The lowest BCUT2D eigenvalue weighted by atomic mass is 10.0. The Morgan fingerprint density at radius 1 is 1.00 bits per heavy atom. The fraction of sp³-hybridized carbons (Fsp3) is 0.409. The summed E-state index contributed by atoms with van der Waals surface area (Å²) in [5.41, 5.74) is 4.63. The van der Waals surface area contributed by atoms with E-state index in [-0.39, 0.29) is 24.0 Å². The van der Waals surface area contributed by atoms with Gasteiger partial charge in [0.25, 0.3) is 0 Å². The molecule has 0 saturated carbocycles. The molecule has 162 valence electrons. The summed E-state index contributed by atoms with van der Waals surface area (Å²) in [5, 5.41) is 19.1. The molecule has 7 nitrogen and oxygen atoms in total. The zero-order chi connectivity index (χ0) is 21.7. The third-order valence-corrected chi connectivity index (χ3v) is 6.99. The quantitative estimate of drug-likeness (QED) is 0.511. The first kappa shape index (κ1) is 22.1. The standard InChI is InChI=1S/C22H29N3O4S/c1-3-15-6-5-7-16(4-2)22(15)25-21(27)12-23-17-8-10-18(11-9-17)24-19-13-30(28,29)14-20(19)26/h5-11,19-20,23-24,26H,3-4,12-14H2,1-2H3,(H,25,27). The van der Waals surface area contributed by atoms with Crippen LogP contribution >= 0.6 is 0 Å². The van der Waals surface area contributed by atoms with Crippen LogP contribution in [0.2, 0.25) is 0 Å². The van der Waals surface area contributed by atoms with E-state index in [9.17, 15) is 18.3 Å². The van der Waals surface area contributed by atoms with Gasteiger partial charge in [-0.05, 0) is 48.2 Å². The topological polar surface area (TPSA) is 108 Å². The summed E-state index contributed by atoms with van der Waals surface area (Å²) < 4.78 is 23.2. The highest BCUT2D eigenvalue weighted by atomic mass is 32.2. The van der Waals surface area contributed by atoms with Gasteiger partial charge in [-0.1, -0.05) is 32.0 Å². The second kappa shape index (κ2) is 9.49. The fourth-order valence-corrected chi connectivity index (χ4v) is 5.38. The Morgan fingerprint density at radius 3 is 2.13 bits per heavy atom. The highest BCUT2D eigenvalue weighted by Crippen LogP contribution is 2.23. The molecule has 8 heteroatoms. The molecule has 1 aliphatic heterocycles. The van der Waals surface area contributed by atoms with E-state index in [0.717, 1.165) is 41.0 Å². The lowest BCUT2D eigenvalue weighted by Gasteiger charge is -2.17. The molecular weight excluding hydrogens is 402 g/mol. The van der Waals surface area contributed by atoms with Crippen LogP contribution in [0.25, 0.3) is 0 Å². The van der Waals surface area contributed by atoms with E-state index in [1.54, 1.807) is 12.1 Å². The maximum atomic E-state index is 12.4. The molecule has 0 aromatic heterocycles. The Kier molecular flexibility index (Phi) is 6.99. The third-order valence-electron chi connectivity index (χ3n) is 5.28. The smallest absolute Gasteiger partial charge is 0.243 e. The van der Waals surface area contributed by atoms with Crippen molar-refractivity contribution in [3.8, 4) is 0 Å². The Bertz CT molecular complexity index is 968. The van der Waals surface area contributed by atoms with Crippen molar-refractivity contribution in [1.82, 2.24) is 0 Å². The van der Waals surface area contributed by atoms with Crippen molar-refractivity contribution in [2.24, 2.45) is 0 Å². The van der Waals surface area contributed by atoms with Gasteiger partial charge in [0.2, 0.25) is 5.91 Å². The lowest BCUT2D eigenvalue weighted by molar-refractivity contribution is -0.114. The van der Waals surface area contributed by atoms with Crippen LogP contribution in [0.3, 0.4) is 0 Å². The molecule has 1 amide bonds. The Balaban J connectivity index is 1.55. The van der Waals surface area contributed by atoms with Crippen LogP contribution in [0.15, 0.2) is 42.5 Å². The fourth-order valence-electron chi connectivity index (χ4n) is 3.63. The van der Waals surface area contributed by atoms with Crippen molar-refractivity contribution < 1.29 is 18.3 Å². The van der Waals surface area contributed by atoms with Crippen LogP contribution in [0.1, 0.15) is 25.0 Å². The van der Waals surface area contributed by atoms with Crippen LogP contribution in [-0.4, -0.2) is 49.6 Å². The lowest BCUT2D eigenvalue weighted by Crippen LogP contribution is -2.31. The van der Waals surface area contributed by atoms with Gasteiger partial charge in [-0.15, -0.1) is 0 Å². The summed E-state index contributed by atoms with van der Waals surface area (Å²) >= 11 is 0. The molecule has 2 atom stereocenters. The average molecular weight is 432 g/mol. The zero-order valence-corrected chi connectivity index (χ0v) is 18.1. The number of carbonyl (C=O) groups excluding carboxylic acids is 1. The number of hydrogen-bond acceptors (Lipinski definition) is 6. The molecule has 0 bridgehead atoms. The number of carbonyl (C=O) groups is 1. The Labute approximate surface area is 177 Å². The minimum atomic E-state index is -3.20. The van der Waals surface area contributed by atoms with Crippen molar-refractivity contribution in [2.45, 2.75) is 38.8 Å². The molecular formula is C22H29N3O4S. The number of aliphatic hydroxyl groups is 1. The largest absolute Gasteiger partial charge is 0.390 e. The van der Waals surface area contributed by atoms with E-state index >= 15 is 0 Å². The molecule has 1 aliphatic rings. The Morgan fingerprint density at radius 2 is 1.60 bits per heavy atom. The maximum Gasteiger partial charge on any atom is 0.243 e. The minimum absolute atomic E-state index is 0.0761. The number of para-hydroxylation sites is 1. The summed E-state index contributed by atoms with van der Waals surface area (Å²) in [6, 6.07) is 12.8. The van der Waals surface area contributed by atoms with E-state index in [2.05, 4.69) is 29.8 Å². The number of amides is 1. The van der Waals surface area contributed by atoms with Crippen LogP contribution in [0, 0.1) is 0 Å². The molecule has 1 saturated heterocycles. The maximum absolute atomic E-state index is 12.4. The molecule has 0 radical (unpaired) electrons.